The Hall–Kier alpha value is -1.95. The number of likely N-dealkylation sites (tertiary alicyclic amines) is 1. The quantitative estimate of drug-likeness (QED) is 0.915. The second-order valence-electron chi connectivity index (χ2n) is 7.02. The van der Waals surface area contributed by atoms with E-state index in [9.17, 15) is 4.79 Å². The highest BCUT2D eigenvalue weighted by atomic mass is 16.1. The highest BCUT2D eigenvalue weighted by molar-refractivity contribution is 5.98. The van der Waals surface area contributed by atoms with Crippen molar-refractivity contribution >= 4 is 16.9 Å². The van der Waals surface area contributed by atoms with Crippen LogP contribution in [-0.4, -0.2) is 51.2 Å². The average Bonchev–Trinajstić information content (AvgIpc) is 3.20. The third kappa shape index (κ3) is 3.29. The molecule has 6 heteroatoms. The topological polar surface area (TPSA) is 63.1 Å². The van der Waals surface area contributed by atoms with Gasteiger partial charge in [0.2, 0.25) is 0 Å². The molecule has 0 radical (unpaired) electrons. The minimum Gasteiger partial charge on any atom is -0.350 e. The molecule has 2 aromatic heterocycles. The smallest absolute Gasteiger partial charge is 0.253 e. The Balaban J connectivity index is 1.73. The number of carbonyl (C=O) groups excluding carboxylic acids is 1. The largest absolute Gasteiger partial charge is 0.350 e. The van der Waals surface area contributed by atoms with Gasteiger partial charge >= 0.3 is 0 Å². The molecule has 1 aliphatic heterocycles. The summed E-state index contributed by atoms with van der Waals surface area (Å²) in [5.74, 6) is -0.0507. The molecule has 1 N–H and O–H groups in total. The summed E-state index contributed by atoms with van der Waals surface area (Å²) < 4.78 is 1.89. The van der Waals surface area contributed by atoms with E-state index in [0.29, 0.717) is 18.2 Å². The minimum atomic E-state index is -0.0507. The second-order valence-corrected chi connectivity index (χ2v) is 7.02. The molecule has 24 heavy (non-hydrogen) atoms. The molecule has 0 aliphatic carbocycles. The maximum Gasteiger partial charge on any atom is 0.253 e. The molecule has 1 saturated heterocycles. The summed E-state index contributed by atoms with van der Waals surface area (Å²) in [6.07, 6.45) is 4.31. The first-order valence-electron chi connectivity index (χ1n) is 8.84. The van der Waals surface area contributed by atoms with E-state index < -0.39 is 0 Å². The number of fused-ring (bicyclic) bond motifs is 1. The zero-order valence-corrected chi connectivity index (χ0v) is 15.0. The van der Waals surface area contributed by atoms with Crippen LogP contribution < -0.4 is 5.32 Å². The van der Waals surface area contributed by atoms with E-state index in [1.165, 1.54) is 12.8 Å². The molecule has 2 aromatic rings. The lowest BCUT2D eigenvalue weighted by atomic mass is 10.1. The normalized spacial score (nSPS) is 16.9. The van der Waals surface area contributed by atoms with Crippen molar-refractivity contribution in [3.8, 4) is 0 Å². The molecule has 0 spiro atoms. The third-order valence-corrected chi connectivity index (χ3v) is 4.82. The molecular formula is C18H27N5O. The molecular weight excluding hydrogens is 302 g/mol. The molecule has 1 atom stereocenters. The number of amides is 1. The van der Waals surface area contributed by atoms with E-state index in [4.69, 9.17) is 0 Å². The van der Waals surface area contributed by atoms with Crippen molar-refractivity contribution in [1.82, 2.24) is 25.0 Å². The molecule has 130 valence electrons. The molecule has 1 fully saturated rings. The number of aryl methyl sites for hydroxylation is 1. The Morgan fingerprint density at radius 2 is 2.00 bits per heavy atom. The fourth-order valence-corrected chi connectivity index (χ4v) is 3.32. The summed E-state index contributed by atoms with van der Waals surface area (Å²) in [5.41, 5.74) is 2.22. The second kappa shape index (κ2) is 6.89. The highest BCUT2D eigenvalue weighted by Gasteiger charge is 2.20. The van der Waals surface area contributed by atoms with Crippen LogP contribution in [0.25, 0.3) is 11.0 Å². The van der Waals surface area contributed by atoms with Crippen molar-refractivity contribution < 1.29 is 4.79 Å². The third-order valence-electron chi connectivity index (χ3n) is 4.82. The number of nitrogens with one attached hydrogen (secondary N) is 1. The number of pyridine rings is 1. The van der Waals surface area contributed by atoms with Crippen molar-refractivity contribution in [1.29, 1.82) is 0 Å². The van der Waals surface area contributed by atoms with Gasteiger partial charge in [0.1, 0.15) is 0 Å². The Kier molecular flexibility index (Phi) is 4.85. The molecule has 1 amide bonds. The first-order valence-corrected chi connectivity index (χ1v) is 8.84. The van der Waals surface area contributed by atoms with E-state index in [2.05, 4.69) is 41.1 Å². The molecule has 1 unspecified atom stereocenters. The lowest BCUT2D eigenvalue weighted by molar-refractivity contribution is 0.0939. The van der Waals surface area contributed by atoms with Crippen molar-refractivity contribution in [3.05, 3.63) is 23.5 Å². The molecule has 0 bridgehead atoms. The van der Waals surface area contributed by atoms with Gasteiger partial charge in [-0.2, -0.15) is 5.10 Å². The summed E-state index contributed by atoms with van der Waals surface area (Å²) in [6.45, 7) is 11.1. The summed E-state index contributed by atoms with van der Waals surface area (Å²) in [4.78, 5) is 19.6. The molecule has 3 rings (SSSR count). The first kappa shape index (κ1) is 16.9. The first-order chi connectivity index (χ1) is 11.5. The van der Waals surface area contributed by atoms with Gasteiger partial charge in [0.25, 0.3) is 5.91 Å². The van der Waals surface area contributed by atoms with Crippen LogP contribution in [0.3, 0.4) is 0 Å². The molecule has 0 aromatic carbocycles. The Morgan fingerprint density at radius 1 is 1.29 bits per heavy atom. The van der Waals surface area contributed by atoms with E-state index in [-0.39, 0.29) is 11.9 Å². The molecule has 1 aliphatic rings. The summed E-state index contributed by atoms with van der Waals surface area (Å²) in [7, 11) is 0. The van der Waals surface area contributed by atoms with Gasteiger partial charge in [-0.3, -0.25) is 9.69 Å². The van der Waals surface area contributed by atoms with Crippen LogP contribution >= 0.6 is 0 Å². The number of aromatic nitrogens is 3. The van der Waals surface area contributed by atoms with Gasteiger partial charge in [-0.25, -0.2) is 9.67 Å². The predicted molar refractivity (Wildman–Crippen MR) is 95.3 cm³/mol. The van der Waals surface area contributed by atoms with Crippen LogP contribution in [0.2, 0.25) is 0 Å². The summed E-state index contributed by atoms with van der Waals surface area (Å²) >= 11 is 0. The van der Waals surface area contributed by atoms with E-state index >= 15 is 0 Å². The predicted octanol–water partition coefficient (Wildman–Crippen LogP) is 2.53. The van der Waals surface area contributed by atoms with Gasteiger partial charge in [0.15, 0.2) is 5.65 Å². The van der Waals surface area contributed by atoms with Gasteiger partial charge in [0.05, 0.1) is 17.5 Å². The van der Waals surface area contributed by atoms with Crippen LogP contribution in [0.4, 0.5) is 0 Å². The SMILES string of the molecule is Cc1nc2c(cnn2C(C)C)cc1C(=O)NCC(C)N1CCCC1. The number of hydrogen-bond acceptors (Lipinski definition) is 4. The zero-order chi connectivity index (χ0) is 17.3. The van der Waals surface area contributed by atoms with Gasteiger partial charge in [-0.05, 0) is 59.7 Å². The fourth-order valence-electron chi connectivity index (χ4n) is 3.32. The Morgan fingerprint density at radius 3 is 2.67 bits per heavy atom. The van der Waals surface area contributed by atoms with Crippen molar-refractivity contribution in [2.24, 2.45) is 0 Å². The van der Waals surface area contributed by atoms with Gasteiger partial charge < -0.3 is 5.32 Å². The molecule has 6 nitrogen and oxygen atoms in total. The van der Waals surface area contributed by atoms with E-state index in [0.717, 1.165) is 29.8 Å². The van der Waals surface area contributed by atoms with E-state index in [1.807, 2.05) is 17.7 Å². The summed E-state index contributed by atoms with van der Waals surface area (Å²) in [6, 6.07) is 2.52. The van der Waals surface area contributed by atoms with Crippen LogP contribution in [-0.2, 0) is 0 Å². The lowest BCUT2D eigenvalue weighted by Crippen LogP contribution is -2.40. The van der Waals surface area contributed by atoms with Crippen molar-refractivity contribution in [2.75, 3.05) is 19.6 Å². The standard InChI is InChI=1S/C18H27N5O/c1-12(2)23-17-15(11-20-23)9-16(14(4)21-17)18(24)19-10-13(3)22-7-5-6-8-22/h9,11-13H,5-8,10H2,1-4H3,(H,19,24). The number of hydrogen-bond donors (Lipinski definition) is 1. The lowest BCUT2D eigenvalue weighted by Gasteiger charge is -2.23. The monoisotopic (exact) mass is 329 g/mol. The highest BCUT2D eigenvalue weighted by Crippen LogP contribution is 2.19. The van der Waals surface area contributed by atoms with Crippen LogP contribution in [0.1, 0.15) is 55.7 Å². The van der Waals surface area contributed by atoms with Crippen molar-refractivity contribution in [2.45, 2.75) is 52.6 Å². The fraction of sp³-hybridized carbons (Fsp3) is 0.611. The van der Waals surface area contributed by atoms with E-state index in [1.54, 1.807) is 6.20 Å². The molecule has 0 saturated carbocycles. The van der Waals surface area contributed by atoms with Crippen molar-refractivity contribution in [3.63, 3.8) is 0 Å². The zero-order valence-electron chi connectivity index (χ0n) is 15.0. The number of rotatable bonds is 5. The Bertz CT molecular complexity index is 730. The summed E-state index contributed by atoms with van der Waals surface area (Å²) in [5, 5.41) is 8.35. The van der Waals surface area contributed by atoms with Crippen LogP contribution in [0, 0.1) is 6.92 Å². The van der Waals surface area contributed by atoms with Crippen LogP contribution in [0.15, 0.2) is 12.3 Å². The van der Waals surface area contributed by atoms with Gasteiger partial charge in [0, 0.05) is 24.0 Å². The average molecular weight is 329 g/mol. The van der Waals surface area contributed by atoms with Crippen LogP contribution in [0.5, 0.6) is 0 Å². The van der Waals surface area contributed by atoms with Gasteiger partial charge in [-0.15, -0.1) is 0 Å². The maximum atomic E-state index is 12.6. The number of nitrogens with zero attached hydrogens (tertiary/aromatic N) is 4. The minimum absolute atomic E-state index is 0.0507. The van der Waals surface area contributed by atoms with Gasteiger partial charge in [-0.1, -0.05) is 0 Å². The maximum absolute atomic E-state index is 12.6. The number of carbonyl (C=O) groups is 1. The molecule has 3 heterocycles. The Labute approximate surface area is 143 Å².